The van der Waals surface area contributed by atoms with Crippen LogP contribution in [0.25, 0.3) is 0 Å². The summed E-state index contributed by atoms with van der Waals surface area (Å²) >= 11 is 0. The molecule has 0 aliphatic heterocycles. The van der Waals surface area contributed by atoms with Gasteiger partial charge in [-0.3, -0.25) is 6.08 Å². The van der Waals surface area contributed by atoms with Gasteiger partial charge in [-0.25, -0.2) is 11.1 Å². The molecule has 0 fully saturated rings. The molecule has 0 radical (unpaired) electrons. The Labute approximate surface area is 259 Å². The average Bonchev–Trinajstić information content (AvgIpc) is 2.93. The van der Waals surface area contributed by atoms with E-state index in [4.69, 9.17) is 0 Å². The first-order valence-electron chi connectivity index (χ1n) is 12.1. The molecule has 3 aromatic carbocycles. The van der Waals surface area contributed by atoms with Crippen LogP contribution in [0.1, 0.15) is 54.2 Å². The summed E-state index contributed by atoms with van der Waals surface area (Å²) in [5.74, 6) is 0.305. The maximum absolute atomic E-state index is 3.80. The van der Waals surface area contributed by atoms with E-state index in [1.807, 2.05) is 0 Å². The number of rotatable bonds is 4. The molecule has 0 aromatic heterocycles. The SMILES string of the molecule is CC1=[C-]C(C)C([Si](c2cc(C)cc(C)c2)(c2cc(C)cc(C)c2)c2cc(C)cc(C)c2)=C1C.[Cl-].[Cl-].[Cl-].[Ti+4]. The summed E-state index contributed by atoms with van der Waals surface area (Å²) in [5.41, 5.74) is 10.8. The Morgan fingerprint density at radius 2 is 0.784 bits per heavy atom. The van der Waals surface area contributed by atoms with Crippen LogP contribution >= 0.6 is 0 Å². The molecule has 1 aliphatic rings. The third-order valence-electron chi connectivity index (χ3n) is 7.20. The van der Waals surface area contributed by atoms with Crippen LogP contribution in [0.3, 0.4) is 0 Å². The molecule has 5 heteroatoms. The van der Waals surface area contributed by atoms with E-state index in [2.05, 4.69) is 123 Å². The Hall–Kier alpha value is -1.06. The van der Waals surface area contributed by atoms with Crippen molar-refractivity contribution < 1.29 is 58.9 Å². The van der Waals surface area contributed by atoms with Gasteiger partial charge in [-0.05, 0) is 57.1 Å². The number of hydrogen-bond acceptors (Lipinski definition) is 0. The van der Waals surface area contributed by atoms with Crippen molar-refractivity contribution >= 4 is 23.6 Å². The van der Waals surface area contributed by atoms with E-state index in [0.29, 0.717) is 5.92 Å². The first-order valence-corrected chi connectivity index (χ1v) is 14.1. The topological polar surface area (TPSA) is 0 Å². The summed E-state index contributed by atoms with van der Waals surface area (Å²) < 4.78 is 0. The van der Waals surface area contributed by atoms with Crippen molar-refractivity contribution in [1.82, 2.24) is 0 Å². The van der Waals surface area contributed by atoms with E-state index in [-0.39, 0.29) is 58.9 Å². The molecule has 1 aliphatic carbocycles. The molecular weight excluding hydrogens is 567 g/mol. The molecule has 0 heterocycles. The maximum Gasteiger partial charge on any atom is 4.00 e. The number of allylic oxidation sites excluding steroid dienone is 4. The standard InChI is InChI=1S/C32H37Si.3ClH.Ti/c1-20-10-21(2)14-29(13-20)33(30-15-22(3)11-23(4)16-30,31-17-24(5)12-25(6)18-31)32-27(8)19-26(7)28(32)9;;;;/h10-18,27H,1-9H3;3*1H;/q-1;;;;+4/p-3. The molecule has 0 amide bonds. The Kier molecular flexibility index (Phi) is 13.4. The van der Waals surface area contributed by atoms with E-state index >= 15 is 0 Å². The molecule has 0 spiro atoms. The Balaban J connectivity index is 0.00000324. The van der Waals surface area contributed by atoms with E-state index in [9.17, 15) is 0 Å². The Bertz CT molecular complexity index is 1140. The second-order valence-electron chi connectivity index (χ2n) is 10.4. The minimum absolute atomic E-state index is 0. The van der Waals surface area contributed by atoms with Gasteiger partial charge in [-0.1, -0.05) is 108 Å². The first kappa shape index (κ1) is 35.9. The fraction of sp³-hybridized carbons (Fsp3) is 0.312. The second kappa shape index (κ2) is 13.8. The third kappa shape index (κ3) is 6.75. The van der Waals surface area contributed by atoms with E-state index in [1.165, 1.54) is 60.1 Å². The summed E-state index contributed by atoms with van der Waals surface area (Å²) in [5, 5.41) is 6.08. The van der Waals surface area contributed by atoms with Crippen LogP contribution in [0.2, 0.25) is 0 Å². The predicted molar refractivity (Wildman–Crippen MR) is 147 cm³/mol. The third-order valence-corrected chi connectivity index (χ3v) is 12.3. The molecule has 37 heavy (non-hydrogen) atoms. The number of halogens is 3. The van der Waals surface area contributed by atoms with Crippen LogP contribution in [0.15, 0.2) is 70.9 Å². The molecular formula is C32H37Cl3SiTi. The zero-order valence-corrected chi connectivity index (χ0v) is 28.2. The zero-order valence-electron chi connectivity index (χ0n) is 23.4. The van der Waals surface area contributed by atoms with Crippen molar-refractivity contribution in [2.45, 2.75) is 62.3 Å². The Morgan fingerprint density at radius 1 is 0.514 bits per heavy atom. The molecule has 4 rings (SSSR count). The Morgan fingerprint density at radius 3 is 1.00 bits per heavy atom. The normalized spacial score (nSPS) is 14.6. The van der Waals surface area contributed by atoms with Gasteiger partial charge in [0.25, 0.3) is 0 Å². The summed E-state index contributed by atoms with van der Waals surface area (Å²) in [6, 6.07) is 21.7. The van der Waals surface area contributed by atoms with Crippen LogP contribution in [0.5, 0.6) is 0 Å². The van der Waals surface area contributed by atoms with E-state index < -0.39 is 8.07 Å². The minimum Gasteiger partial charge on any atom is -1.00 e. The molecule has 3 aromatic rings. The zero-order chi connectivity index (χ0) is 24.1. The number of hydrogen-bond donors (Lipinski definition) is 0. The summed E-state index contributed by atoms with van der Waals surface area (Å²) in [6.45, 7) is 20.4. The first-order chi connectivity index (χ1) is 15.5. The van der Waals surface area contributed by atoms with Crippen LogP contribution < -0.4 is 52.8 Å². The molecule has 0 nitrogen and oxygen atoms in total. The van der Waals surface area contributed by atoms with Crippen LogP contribution in [0, 0.1) is 53.5 Å². The van der Waals surface area contributed by atoms with E-state index in [0.717, 1.165) is 0 Å². The van der Waals surface area contributed by atoms with Crippen LogP contribution in [-0.2, 0) is 21.7 Å². The summed E-state index contributed by atoms with van der Waals surface area (Å²) in [4.78, 5) is 0. The fourth-order valence-corrected chi connectivity index (χ4v) is 12.2. The van der Waals surface area contributed by atoms with Gasteiger partial charge >= 0.3 is 21.7 Å². The largest absolute Gasteiger partial charge is 4.00 e. The van der Waals surface area contributed by atoms with Crippen molar-refractivity contribution in [3.8, 4) is 0 Å². The van der Waals surface area contributed by atoms with Crippen molar-refractivity contribution in [1.29, 1.82) is 0 Å². The predicted octanol–water partition coefficient (Wildman–Crippen LogP) is -2.73. The molecule has 0 saturated carbocycles. The molecule has 0 N–H and O–H groups in total. The van der Waals surface area contributed by atoms with Gasteiger partial charge in [0, 0.05) is 0 Å². The second-order valence-corrected chi connectivity index (χ2v) is 14.2. The van der Waals surface area contributed by atoms with Crippen molar-refractivity contribution in [3.05, 3.63) is 110 Å². The van der Waals surface area contributed by atoms with Gasteiger partial charge in [0.2, 0.25) is 0 Å². The number of benzene rings is 3. The summed E-state index contributed by atoms with van der Waals surface area (Å²) in [7, 11) is -2.55. The quantitative estimate of drug-likeness (QED) is 0.173. The maximum atomic E-state index is 3.80. The molecule has 0 saturated heterocycles. The van der Waals surface area contributed by atoms with Crippen LogP contribution in [-0.4, -0.2) is 8.07 Å². The summed E-state index contributed by atoms with van der Waals surface area (Å²) in [6.07, 6.45) is 3.80. The average molecular weight is 604 g/mol. The molecule has 0 bridgehead atoms. The molecule has 1 atom stereocenters. The van der Waals surface area contributed by atoms with Crippen LogP contribution in [0.4, 0.5) is 0 Å². The smallest absolute Gasteiger partial charge is 1.00 e. The van der Waals surface area contributed by atoms with Gasteiger partial charge in [-0.15, -0.1) is 6.92 Å². The minimum atomic E-state index is -2.55. The monoisotopic (exact) mass is 602 g/mol. The van der Waals surface area contributed by atoms with Gasteiger partial charge in [-0.2, -0.15) is 5.20 Å². The van der Waals surface area contributed by atoms with E-state index in [1.54, 1.807) is 5.20 Å². The van der Waals surface area contributed by atoms with Gasteiger partial charge in [0.1, 0.15) is 0 Å². The van der Waals surface area contributed by atoms with Gasteiger partial charge in [0.15, 0.2) is 8.07 Å². The van der Waals surface area contributed by atoms with Crippen molar-refractivity contribution in [2.24, 2.45) is 5.92 Å². The number of aryl methyl sites for hydroxylation is 6. The van der Waals surface area contributed by atoms with Gasteiger partial charge in [0.05, 0.1) is 0 Å². The van der Waals surface area contributed by atoms with Gasteiger partial charge < -0.3 is 37.2 Å². The molecule has 1 unspecified atom stereocenters. The fourth-order valence-electron chi connectivity index (χ4n) is 6.18. The van der Waals surface area contributed by atoms with Crippen molar-refractivity contribution in [2.75, 3.05) is 0 Å². The molecule has 194 valence electrons. The van der Waals surface area contributed by atoms with Crippen molar-refractivity contribution in [3.63, 3.8) is 0 Å².